The van der Waals surface area contributed by atoms with Crippen LogP contribution in [0.4, 0.5) is 0 Å². The van der Waals surface area contributed by atoms with Gasteiger partial charge in [0.1, 0.15) is 0 Å². The molecule has 0 saturated carbocycles. The largest absolute Gasteiger partial charge is 0.466 e. The molecule has 1 N–H and O–H groups in total. The first-order valence-corrected chi connectivity index (χ1v) is 5.11. The van der Waals surface area contributed by atoms with Crippen molar-refractivity contribution in [1.29, 1.82) is 0 Å². The molecule has 3 nitrogen and oxygen atoms in total. The summed E-state index contributed by atoms with van der Waals surface area (Å²) in [5, 5.41) is 8.87. The SMILES string of the molecule is CCOC(=O)Cc1ccccc1CCO. The third-order valence-corrected chi connectivity index (χ3v) is 2.14. The van der Waals surface area contributed by atoms with Gasteiger partial charge in [-0.25, -0.2) is 0 Å². The highest BCUT2D eigenvalue weighted by Crippen LogP contribution is 2.10. The van der Waals surface area contributed by atoms with Gasteiger partial charge in [-0.2, -0.15) is 0 Å². The van der Waals surface area contributed by atoms with Gasteiger partial charge in [0, 0.05) is 6.61 Å². The summed E-state index contributed by atoms with van der Waals surface area (Å²) in [6.07, 6.45) is 0.861. The van der Waals surface area contributed by atoms with Gasteiger partial charge >= 0.3 is 5.97 Å². The molecule has 0 heterocycles. The third-order valence-electron chi connectivity index (χ3n) is 2.14. The van der Waals surface area contributed by atoms with Crippen LogP contribution >= 0.6 is 0 Å². The first-order valence-electron chi connectivity index (χ1n) is 5.11. The Morgan fingerprint density at radius 2 is 2.00 bits per heavy atom. The van der Waals surface area contributed by atoms with Crippen molar-refractivity contribution in [3.05, 3.63) is 35.4 Å². The lowest BCUT2D eigenvalue weighted by atomic mass is 10.0. The molecule has 1 aromatic carbocycles. The van der Waals surface area contributed by atoms with Gasteiger partial charge in [0.05, 0.1) is 13.0 Å². The lowest BCUT2D eigenvalue weighted by Gasteiger charge is -2.07. The van der Waals surface area contributed by atoms with Crippen LogP contribution in [-0.4, -0.2) is 24.3 Å². The van der Waals surface area contributed by atoms with E-state index in [0.29, 0.717) is 13.0 Å². The van der Waals surface area contributed by atoms with Gasteiger partial charge in [0.25, 0.3) is 0 Å². The van der Waals surface area contributed by atoms with Crippen LogP contribution in [0.5, 0.6) is 0 Å². The summed E-state index contributed by atoms with van der Waals surface area (Å²) in [5.74, 6) is -0.220. The standard InChI is InChI=1S/C12H16O3/c1-2-15-12(14)9-11-6-4-3-5-10(11)7-8-13/h3-6,13H,2,7-9H2,1H3. The second-order valence-corrected chi connectivity index (χ2v) is 3.22. The van der Waals surface area contributed by atoms with Crippen LogP contribution < -0.4 is 0 Å². The number of hydrogen-bond acceptors (Lipinski definition) is 3. The van der Waals surface area contributed by atoms with Crippen LogP contribution in [-0.2, 0) is 22.4 Å². The zero-order valence-corrected chi connectivity index (χ0v) is 8.90. The molecule has 0 fully saturated rings. The number of carbonyl (C=O) groups excluding carboxylic acids is 1. The summed E-state index contributed by atoms with van der Waals surface area (Å²) >= 11 is 0. The molecule has 1 rings (SSSR count). The number of hydrogen-bond donors (Lipinski definition) is 1. The van der Waals surface area contributed by atoms with Gasteiger partial charge in [-0.05, 0) is 24.5 Å². The Labute approximate surface area is 89.7 Å². The molecule has 3 heteroatoms. The van der Waals surface area contributed by atoms with Crippen molar-refractivity contribution >= 4 is 5.97 Å². The molecular weight excluding hydrogens is 192 g/mol. The molecule has 0 radical (unpaired) electrons. The van der Waals surface area contributed by atoms with Crippen LogP contribution in [0.25, 0.3) is 0 Å². The summed E-state index contributed by atoms with van der Waals surface area (Å²) in [6, 6.07) is 7.60. The van der Waals surface area contributed by atoms with E-state index in [1.807, 2.05) is 24.3 Å². The summed E-state index contributed by atoms with van der Waals surface area (Å²) in [4.78, 5) is 11.3. The van der Waals surface area contributed by atoms with E-state index < -0.39 is 0 Å². The Morgan fingerprint density at radius 3 is 2.60 bits per heavy atom. The average Bonchev–Trinajstić information content (AvgIpc) is 2.21. The molecule has 0 bridgehead atoms. The van der Waals surface area contributed by atoms with Crippen molar-refractivity contribution in [2.75, 3.05) is 13.2 Å². The molecule has 0 amide bonds. The normalized spacial score (nSPS) is 10.0. The molecular formula is C12H16O3. The fourth-order valence-electron chi connectivity index (χ4n) is 1.46. The summed E-state index contributed by atoms with van der Waals surface area (Å²) in [6.45, 7) is 2.29. The monoisotopic (exact) mass is 208 g/mol. The third kappa shape index (κ3) is 3.72. The minimum atomic E-state index is -0.220. The first kappa shape index (κ1) is 11.7. The van der Waals surface area contributed by atoms with Crippen molar-refractivity contribution < 1.29 is 14.6 Å². The molecule has 15 heavy (non-hydrogen) atoms. The number of benzene rings is 1. The predicted octanol–water partition coefficient (Wildman–Crippen LogP) is 1.33. The second-order valence-electron chi connectivity index (χ2n) is 3.22. The number of aliphatic hydroxyl groups is 1. The van der Waals surface area contributed by atoms with Gasteiger partial charge in [0.2, 0.25) is 0 Å². The average molecular weight is 208 g/mol. The van der Waals surface area contributed by atoms with Crippen molar-refractivity contribution in [1.82, 2.24) is 0 Å². The minimum Gasteiger partial charge on any atom is -0.466 e. The highest BCUT2D eigenvalue weighted by atomic mass is 16.5. The first-order chi connectivity index (χ1) is 7.27. The van der Waals surface area contributed by atoms with Crippen LogP contribution in [0.1, 0.15) is 18.1 Å². The van der Waals surface area contributed by atoms with Crippen molar-refractivity contribution in [2.45, 2.75) is 19.8 Å². The lowest BCUT2D eigenvalue weighted by molar-refractivity contribution is -0.142. The molecule has 0 aliphatic rings. The maximum absolute atomic E-state index is 11.3. The van der Waals surface area contributed by atoms with E-state index >= 15 is 0 Å². The van der Waals surface area contributed by atoms with E-state index in [1.165, 1.54) is 0 Å². The van der Waals surface area contributed by atoms with E-state index in [1.54, 1.807) is 6.92 Å². The number of carbonyl (C=O) groups is 1. The fourth-order valence-corrected chi connectivity index (χ4v) is 1.46. The maximum Gasteiger partial charge on any atom is 0.310 e. The van der Waals surface area contributed by atoms with Gasteiger partial charge in [-0.3, -0.25) is 4.79 Å². The molecule has 0 aliphatic carbocycles. The summed E-state index contributed by atoms with van der Waals surface area (Å²) in [7, 11) is 0. The molecule has 82 valence electrons. The van der Waals surface area contributed by atoms with Crippen LogP contribution in [0.2, 0.25) is 0 Å². The quantitative estimate of drug-likeness (QED) is 0.742. The fraction of sp³-hybridized carbons (Fsp3) is 0.417. The zero-order valence-electron chi connectivity index (χ0n) is 8.90. The Hall–Kier alpha value is -1.35. The lowest BCUT2D eigenvalue weighted by Crippen LogP contribution is -2.09. The molecule has 0 spiro atoms. The van der Waals surface area contributed by atoms with Gasteiger partial charge < -0.3 is 9.84 Å². The van der Waals surface area contributed by atoms with Crippen molar-refractivity contribution in [2.24, 2.45) is 0 Å². The van der Waals surface area contributed by atoms with Gasteiger partial charge in [0.15, 0.2) is 0 Å². The van der Waals surface area contributed by atoms with E-state index in [9.17, 15) is 4.79 Å². The highest BCUT2D eigenvalue weighted by molar-refractivity contribution is 5.73. The predicted molar refractivity (Wildman–Crippen MR) is 57.6 cm³/mol. The minimum absolute atomic E-state index is 0.0971. The molecule has 1 aromatic rings. The molecule has 0 atom stereocenters. The van der Waals surface area contributed by atoms with Crippen LogP contribution in [0.3, 0.4) is 0 Å². The maximum atomic E-state index is 11.3. The molecule has 0 unspecified atom stereocenters. The second kappa shape index (κ2) is 6.19. The number of aliphatic hydroxyl groups excluding tert-OH is 1. The zero-order chi connectivity index (χ0) is 11.1. The van der Waals surface area contributed by atoms with Crippen LogP contribution in [0.15, 0.2) is 24.3 Å². The Bertz CT molecular complexity index is 320. The van der Waals surface area contributed by atoms with E-state index in [-0.39, 0.29) is 19.0 Å². The molecule has 0 saturated heterocycles. The number of esters is 1. The number of rotatable bonds is 5. The highest BCUT2D eigenvalue weighted by Gasteiger charge is 2.07. The van der Waals surface area contributed by atoms with Crippen molar-refractivity contribution in [3.8, 4) is 0 Å². The Morgan fingerprint density at radius 1 is 1.33 bits per heavy atom. The smallest absolute Gasteiger partial charge is 0.310 e. The molecule has 0 aromatic heterocycles. The van der Waals surface area contributed by atoms with Crippen LogP contribution in [0, 0.1) is 0 Å². The molecule has 0 aliphatic heterocycles. The summed E-state index contributed by atoms with van der Waals surface area (Å²) < 4.78 is 4.88. The van der Waals surface area contributed by atoms with Gasteiger partial charge in [-0.1, -0.05) is 24.3 Å². The van der Waals surface area contributed by atoms with Gasteiger partial charge in [-0.15, -0.1) is 0 Å². The number of ether oxygens (including phenoxy) is 1. The van der Waals surface area contributed by atoms with Crippen molar-refractivity contribution in [3.63, 3.8) is 0 Å². The topological polar surface area (TPSA) is 46.5 Å². The van der Waals surface area contributed by atoms with E-state index in [0.717, 1.165) is 11.1 Å². The Balaban J connectivity index is 2.70. The van der Waals surface area contributed by atoms with E-state index in [2.05, 4.69) is 0 Å². The van der Waals surface area contributed by atoms with E-state index in [4.69, 9.17) is 9.84 Å². The summed E-state index contributed by atoms with van der Waals surface area (Å²) in [5.41, 5.74) is 1.94. The Kier molecular flexibility index (Phi) is 4.84.